The molecule has 2 aromatic carbocycles. The number of carbonyl (C=O) groups excluding carboxylic acids is 1. The number of rotatable bonds is 7. The molecule has 224 valence electrons. The molecule has 3 aliphatic heterocycles. The van der Waals surface area contributed by atoms with Gasteiger partial charge in [-0.25, -0.2) is 11.0 Å². The highest BCUT2D eigenvalue weighted by atomic mass is 19.1. The maximum absolute atomic E-state index is 14.0. The SMILES string of the molecule is [C-]#[N+]C[C@H]1CN(c2nc(OC[C@@H]3C[C@H](F)CN3C)nc3c2COC(c2cccc4cccc(C)c24)C3)CCN1C(=O)C=C. The smallest absolute Gasteiger partial charge is 0.318 e. The van der Waals surface area contributed by atoms with Crippen LogP contribution in [0.15, 0.2) is 49.1 Å². The van der Waals surface area contributed by atoms with Gasteiger partial charge in [-0.2, -0.15) is 9.97 Å². The number of hydrogen-bond acceptors (Lipinski definition) is 7. The van der Waals surface area contributed by atoms with Crippen LogP contribution in [-0.4, -0.2) is 90.3 Å². The average Bonchev–Trinajstić information content (AvgIpc) is 3.35. The lowest BCUT2D eigenvalue weighted by atomic mass is 9.92. The number of likely N-dealkylation sites (tertiary alicyclic amines) is 1. The molecule has 10 heteroatoms. The van der Waals surface area contributed by atoms with Crippen LogP contribution in [-0.2, 0) is 22.6 Å². The Balaban J connectivity index is 1.34. The summed E-state index contributed by atoms with van der Waals surface area (Å²) in [5.41, 5.74) is 4.07. The molecule has 0 N–H and O–H groups in total. The third-order valence-electron chi connectivity index (χ3n) is 8.93. The Morgan fingerprint density at radius 3 is 2.77 bits per heavy atom. The van der Waals surface area contributed by atoms with Crippen LogP contribution in [0.5, 0.6) is 6.01 Å². The number of likely N-dealkylation sites (N-methyl/N-ethyl adjacent to an activating group) is 1. The summed E-state index contributed by atoms with van der Waals surface area (Å²) in [4.78, 5) is 31.7. The standard InChI is InChI=1S/C33H37FN6O3/c1-5-30(41)40-13-12-39(18-25(40)16-35-3)32-27-20-42-29(26-11-7-10-22-9-6-8-21(2)31(22)26)15-28(27)36-33(37-32)43-19-24-14-23(34)17-38(24)4/h5-11,23-25,29H,1,12-20H2,2,4H3/t23-,24-,25-,29?/m0/s1. The van der Waals surface area contributed by atoms with E-state index < -0.39 is 6.17 Å². The van der Waals surface area contributed by atoms with Gasteiger partial charge in [0.25, 0.3) is 0 Å². The van der Waals surface area contributed by atoms with Crippen LogP contribution in [0, 0.1) is 13.5 Å². The van der Waals surface area contributed by atoms with Crippen molar-refractivity contribution in [1.82, 2.24) is 19.8 Å². The molecule has 3 aliphatic rings. The molecule has 9 nitrogen and oxygen atoms in total. The molecule has 0 saturated carbocycles. The highest BCUT2D eigenvalue weighted by molar-refractivity contribution is 5.89. The van der Waals surface area contributed by atoms with Crippen molar-refractivity contribution in [1.29, 1.82) is 0 Å². The molecular formula is C33H37FN6O3. The van der Waals surface area contributed by atoms with Crippen LogP contribution in [0.4, 0.5) is 10.2 Å². The van der Waals surface area contributed by atoms with E-state index in [2.05, 4.69) is 59.6 Å². The zero-order valence-electron chi connectivity index (χ0n) is 24.7. The van der Waals surface area contributed by atoms with Gasteiger partial charge in [0.05, 0.1) is 18.4 Å². The summed E-state index contributed by atoms with van der Waals surface area (Å²) in [6.07, 6.45) is 1.20. The van der Waals surface area contributed by atoms with E-state index in [0.717, 1.165) is 16.8 Å². The molecule has 0 radical (unpaired) electrons. The number of benzene rings is 2. The minimum absolute atomic E-state index is 0.0515. The third-order valence-corrected chi connectivity index (χ3v) is 8.93. The number of hydrogen-bond donors (Lipinski definition) is 0. The lowest BCUT2D eigenvalue weighted by molar-refractivity contribution is -0.128. The van der Waals surface area contributed by atoms with E-state index in [-0.39, 0.29) is 36.7 Å². The lowest BCUT2D eigenvalue weighted by Gasteiger charge is -2.40. The van der Waals surface area contributed by atoms with Crippen molar-refractivity contribution >= 4 is 22.5 Å². The number of amides is 1. The summed E-state index contributed by atoms with van der Waals surface area (Å²) >= 11 is 0. The molecule has 2 saturated heterocycles. The largest absolute Gasteiger partial charge is 0.462 e. The fourth-order valence-corrected chi connectivity index (χ4v) is 6.68. The first kappa shape index (κ1) is 29.0. The number of aromatic nitrogens is 2. The molecule has 4 heterocycles. The summed E-state index contributed by atoms with van der Waals surface area (Å²) in [5.74, 6) is 0.529. The van der Waals surface area contributed by atoms with Crippen LogP contribution in [0.3, 0.4) is 0 Å². The number of ether oxygens (including phenoxy) is 2. The summed E-state index contributed by atoms with van der Waals surface area (Å²) in [6.45, 7) is 15.9. The van der Waals surface area contributed by atoms with Crippen molar-refractivity contribution in [2.24, 2.45) is 0 Å². The van der Waals surface area contributed by atoms with Gasteiger partial charge >= 0.3 is 6.01 Å². The number of anilines is 1. The second kappa shape index (κ2) is 12.3. The monoisotopic (exact) mass is 584 g/mol. The van der Waals surface area contributed by atoms with Crippen molar-refractivity contribution in [2.45, 2.75) is 50.7 Å². The Morgan fingerprint density at radius 2 is 2.02 bits per heavy atom. The van der Waals surface area contributed by atoms with Gasteiger partial charge in [-0.15, -0.1) is 0 Å². The predicted molar refractivity (Wildman–Crippen MR) is 163 cm³/mol. The molecule has 6 rings (SSSR count). The number of carbonyl (C=O) groups is 1. The van der Waals surface area contributed by atoms with E-state index in [1.807, 2.05) is 11.9 Å². The minimum atomic E-state index is -0.866. The quantitative estimate of drug-likeness (QED) is 0.303. The van der Waals surface area contributed by atoms with E-state index in [0.29, 0.717) is 58.1 Å². The molecule has 1 unspecified atom stereocenters. The van der Waals surface area contributed by atoms with E-state index in [4.69, 9.17) is 26.0 Å². The van der Waals surface area contributed by atoms with Gasteiger partial charge < -0.3 is 24.1 Å². The molecule has 43 heavy (non-hydrogen) atoms. The highest BCUT2D eigenvalue weighted by Gasteiger charge is 2.36. The van der Waals surface area contributed by atoms with Crippen molar-refractivity contribution in [3.63, 3.8) is 0 Å². The second-order valence-electron chi connectivity index (χ2n) is 11.7. The summed E-state index contributed by atoms with van der Waals surface area (Å²) in [7, 11) is 1.91. The predicted octanol–water partition coefficient (Wildman–Crippen LogP) is 4.30. The molecule has 0 spiro atoms. The van der Waals surface area contributed by atoms with E-state index in [1.165, 1.54) is 22.4 Å². The first-order valence-electron chi connectivity index (χ1n) is 14.8. The Bertz CT molecular complexity index is 1570. The van der Waals surface area contributed by atoms with Gasteiger partial charge in [0.1, 0.15) is 24.6 Å². The van der Waals surface area contributed by atoms with Gasteiger partial charge in [-0.3, -0.25) is 9.69 Å². The van der Waals surface area contributed by atoms with Crippen molar-refractivity contribution in [3.8, 4) is 6.01 Å². The number of nitrogens with zero attached hydrogens (tertiary/aromatic N) is 6. The first-order valence-corrected chi connectivity index (χ1v) is 14.8. The molecular weight excluding hydrogens is 547 g/mol. The summed E-state index contributed by atoms with van der Waals surface area (Å²) < 4.78 is 26.7. The van der Waals surface area contributed by atoms with Gasteiger partial charge in [0, 0.05) is 44.2 Å². The normalized spacial score (nSPS) is 24.0. The van der Waals surface area contributed by atoms with Crippen molar-refractivity contribution in [2.75, 3.05) is 51.3 Å². The molecule has 0 bridgehead atoms. The van der Waals surface area contributed by atoms with E-state index in [1.54, 1.807) is 4.90 Å². The second-order valence-corrected chi connectivity index (χ2v) is 11.7. The fraction of sp³-hybridized carbons (Fsp3) is 0.455. The molecule has 1 amide bonds. The van der Waals surface area contributed by atoms with Crippen LogP contribution in [0.2, 0.25) is 0 Å². The van der Waals surface area contributed by atoms with Crippen LogP contribution in [0.25, 0.3) is 15.6 Å². The summed E-state index contributed by atoms with van der Waals surface area (Å²) in [6, 6.07) is 12.5. The minimum Gasteiger partial charge on any atom is -0.462 e. The van der Waals surface area contributed by atoms with Gasteiger partial charge in [-0.05, 0) is 48.4 Å². The molecule has 1 aromatic heterocycles. The van der Waals surface area contributed by atoms with Crippen LogP contribution >= 0.6 is 0 Å². The number of aryl methyl sites for hydroxylation is 1. The van der Waals surface area contributed by atoms with Crippen LogP contribution in [0.1, 0.15) is 34.9 Å². The number of halogens is 1. The Kier molecular flexibility index (Phi) is 8.28. The number of fused-ring (bicyclic) bond motifs is 2. The number of piperazine rings is 1. The maximum atomic E-state index is 14.0. The molecule has 4 atom stereocenters. The number of alkyl halides is 1. The zero-order chi connectivity index (χ0) is 30.1. The lowest BCUT2D eigenvalue weighted by Crippen LogP contribution is -2.56. The van der Waals surface area contributed by atoms with E-state index >= 15 is 0 Å². The highest BCUT2D eigenvalue weighted by Crippen LogP contribution is 2.38. The first-order chi connectivity index (χ1) is 20.9. The fourth-order valence-electron chi connectivity index (χ4n) is 6.68. The topological polar surface area (TPSA) is 75.4 Å². The molecule has 3 aromatic rings. The Morgan fingerprint density at radius 1 is 1.21 bits per heavy atom. The van der Waals surface area contributed by atoms with Gasteiger partial charge in [0.2, 0.25) is 12.5 Å². The third kappa shape index (κ3) is 5.79. The van der Waals surface area contributed by atoms with Crippen molar-refractivity contribution in [3.05, 3.63) is 82.9 Å². The zero-order valence-corrected chi connectivity index (χ0v) is 24.7. The van der Waals surface area contributed by atoms with Crippen LogP contribution < -0.4 is 9.64 Å². The Hall–Kier alpha value is -4.07. The molecule has 2 fully saturated rings. The van der Waals surface area contributed by atoms with Gasteiger partial charge in [0.15, 0.2) is 0 Å². The molecule has 0 aliphatic carbocycles. The Labute approximate surface area is 251 Å². The summed E-state index contributed by atoms with van der Waals surface area (Å²) in [5, 5.41) is 2.36. The van der Waals surface area contributed by atoms with Gasteiger partial charge in [-0.1, -0.05) is 43.0 Å². The van der Waals surface area contributed by atoms with E-state index in [9.17, 15) is 9.18 Å². The van der Waals surface area contributed by atoms with Crippen molar-refractivity contribution < 1.29 is 18.7 Å². The maximum Gasteiger partial charge on any atom is 0.318 e. The average molecular weight is 585 g/mol.